The molecule has 120 valence electrons. The number of nitrogens with zero attached hydrogens (tertiary/aromatic N) is 4. The summed E-state index contributed by atoms with van der Waals surface area (Å²) >= 11 is 0. The molecule has 0 radical (unpaired) electrons. The van der Waals surface area contributed by atoms with E-state index >= 15 is 0 Å². The van der Waals surface area contributed by atoms with E-state index in [1.165, 1.54) is 18.2 Å². The smallest absolute Gasteiger partial charge is 0.415 e. The fraction of sp³-hybridized carbons (Fsp3) is 0.154. The third-order valence-electron chi connectivity index (χ3n) is 2.89. The van der Waals surface area contributed by atoms with E-state index in [0.717, 1.165) is 18.3 Å². The Labute approximate surface area is 125 Å². The Morgan fingerprint density at radius 3 is 2.43 bits per heavy atom. The Bertz CT molecular complexity index is 824. The zero-order valence-corrected chi connectivity index (χ0v) is 11.1. The first-order chi connectivity index (χ1) is 10.8. The van der Waals surface area contributed by atoms with Gasteiger partial charge in [-0.25, -0.2) is 4.68 Å². The van der Waals surface area contributed by atoms with Crippen LogP contribution in [-0.2, 0) is 6.18 Å². The largest absolute Gasteiger partial charge is 0.416 e. The Morgan fingerprint density at radius 2 is 1.78 bits per heavy atom. The van der Waals surface area contributed by atoms with Gasteiger partial charge in [0.2, 0.25) is 5.89 Å². The maximum absolute atomic E-state index is 12.7. The Balaban J connectivity index is 1.92. The van der Waals surface area contributed by atoms with Crippen LogP contribution in [0.1, 0.15) is 12.1 Å². The summed E-state index contributed by atoms with van der Waals surface area (Å²) < 4.78 is 68.5. The maximum atomic E-state index is 12.7. The summed E-state index contributed by atoms with van der Waals surface area (Å²) in [7, 11) is 0. The molecule has 0 saturated heterocycles. The molecular formula is C13H7F5N4O. The van der Waals surface area contributed by atoms with Gasteiger partial charge in [0.15, 0.2) is 0 Å². The Hall–Kier alpha value is -2.78. The molecule has 2 aromatic heterocycles. The predicted octanol–water partition coefficient (Wildman–Crippen LogP) is 4.01. The minimum Gasteiger partial charge on any atom is -0.415 e. The average Bonchev–Trinajstić information content (AvgIpc) is 3.15. The van der Waals surface area contributed by atoms with Gasteiger partial charge >= 0.3 is 12.7 Å². The van der Waals surface area contributed by atoms with Crippen molar-refractivity contribution >= 4 is 0 Å². The van der Waals surface area contributed by atoms with Gasteiger partial charge in [-0.05, 0) is 24.3 Å². The molecule has 1 aromatic carbocycles. The number of rotatable bonds is 3. The van der Waals surface area contributed by atoms with Gasteiger partial charge in [-0.1, -0.05) is 6.07 Å². The maximum Gasteiger partial charge on any atom is 0.416 e. The fourth-order valence-corrected chi connectivity index (χ4v) is 1.83. The monoisotopic (exact) mass is 330 g/mol. The fourth-order valence-electron chi connectivity index (χ4n) is 1.83. The van der Waals surface area contributed by atoms with Crippen LogP contribution in [0.15, 0.2) is 40.9 Å². The first kappa shape index (κ1) is 15.1. The third kappa shape index (κ3) is 3.05. The topological polar surface area (TPSA) is 56.7 Å². The summed E-state index contributed by atoms with van der Waals surface area (Å²) in [4.78, 5) is 0. The van der Waals surface area contributed by atoms with Crippen LogP contribution in [0, 0.1) is 0 Å². The molecule has 0 bridgehead atoms. The molecule has 0 atom stereocenters. The molecule has 3 rings (SSSR count). The lowest BCUT2D eigenvalue weighted by Crippen LogP contribution is -2.04. The molecule has 0 aliphatic carbocycles. The molecule has 0 unspecified atom stereocenters. The van der Waals surface area contributed by atoms with Crippen molar-refractivity contribution in [3.63, 3.8) is 0 Å². The van der Waals surface area contributed by atoms with Gasteiger partial charge in [0.25, 0.3) is 5.89 Å². The third-order valence-corrected chi connectivity index (χ3v) is 2.89. The van der Waals surface area contributed by atoms with Gasteiger partial charge in [-0.3, -0.25) is 0 Å². The quantitative estimate of drug-likeness (QED) is 0.681. The first-order valence-electron chi connectivity index (χ1n) is 6.19. The minimum atomic E-state index is -4.51. The molecule has 0 saturated carbocycles. The number of alkyl halides is 5. The highest BCUT2D eigenvalue weighted by atomic mass is 19.4. The SMILES string of the molecule is FC(F)n1ccc(-c2nnc(-c3cccc(C(F)(F)F)c3)o2)n1. The second kappa shape index (κ2) is 5.45. The number of hydrogen-bond donors (Lipinski definition) is 0. The van der Waals surface area contributed by atoms with Crippen LogP contribution in [0.4, 0.5) is 22.0 Å². The molecular weight excluding hydrogens is 323 g/mol. The van der Waals surface area contributed by atoms with Crippen molar-refractivity contribution in [2.24, 2.45) is 0 Å². The molecule has 10 heteroatoms. The van der Waals surface area contributed by atoms with Gasteiger partial charge < -0.3 is 4.42 Å². The predicted molar refractivity (Wildman–Crippen MR) is 67.2 cm³/mol. The van der Waals surface area contributed by atoms with Crippen LogP contribution in [0.5, 0.6) is 0 Å². The van der Waals surface area contributed by atoms with E-state index in [1.807, 2.05) is 0 Å². The molecule has 0 aliphatic rings. The van der Waals surface area contributed by atoms with Gasteiger partial charge in [0, 0.05) is 11.8 Å². The summed E-state index contributed by atoms with van der Waals surface area (Å²) in [5.41, 5.74) is -0.806. The molecule has 0 fully saturated rings. The van der Waals surface area contributed by atoms with Crippen LogP contribution in [0.25, 0.3) is 23.0 Å². The number of benzene rings is 1. The van der Waals surface area contributed by atoms with Gasteiger partial charge in [0.1, 0.15) is 5.69 Å². The van der Waals surface area contributed by atoms with E-state index in [-0.39, 0.29) is 23.0 Å². The van der Waals surface area contributed by atoms with Crippen LogP contribution >= 0.6 is 0 Å². The Kier molecular flexibility index (Phi) is 3.58. The molecule has 0 spiro atoms. The molecule has 3 aromatic rings. The highest BCUT2D eigenvalue weighted by molar-refractivity contribution is 5.56. The van der Waals surface area contributed by atoms with Crippen LogP contribution in [0.3, 0.4) is 0 Å². The zero-order valence-electron chi connectivity index (χ0n) is 11.1. The minimum absolute atomic E-state index is 0.00368. The van der Waals surface area contributed by atoms with Crippen molar-refractivity contribution < 1.29 is 26.4 Å². The van der Waals surface area contributed by atoms with Crippen LogP contribution < -0.4 is 0 Å². The summed E-state index contributed by atoms with van der Waals surface area (Å²) in [5.74, 6) is -0.338. The average molecular weight is 330 g/mol. The number of hydrogen-bond acceptors (Lipinski definition) is 4. The Morgan fingerprint density at radius 1 is 1.04 bits per heavy atom. The van der Waals surface area contributed by atoms with Gasteiger partial charge in [0.05, 0.1) is 5.56 Å². The first-order valence-corrected chi connectivity index (χ1v) is 6.19. The van der Waals surface area contributed by atoms with Gasteiger partial charge in [-0.2, -0.15) is 27.1 Å². The van der Waals surface area contributed by atoms with Crippen molar-refractivity contribution in [2.45, 2.75) is 12.7 Å². The molecule has 0 amide bonds. The highest BCUT2D eigenvalue weighted by Gasteiger charge is 2.31. The second-order valence-corrected chi connectivity index (χ2v) is 4.45. The van der Waals surface area contributed by atoms with E-state index in [0.29, 0.717) is 4.68 Å². The lowest BCUT2D eigenvalue weighted by Gasteiger charge is -2.06. The van der Waals surface area contributed by atoms with E-state index in [9.17, 15) is 22.0 Å². The standard InChI is InChI=1S/C13H7F5N4O/c14-12(15)22-5-4-9(21-22)11-20-19-10(23-11)7-2-1-3-8(6-7)13(16,17)18/h1-6,12H. The molecule has 0 aliphatic heterocycles. The lowest BCUT2D eigenvalue weighted by atomic mass is 10.1. The zero-order chi connectivity index (χ0) is 16.6. The normalized spacial score (nSPS) is 12.1. The number of aromatic nitrogens is 4. The highest BCUT2D eigenvalue weighted by Crippen LogP contribution is 2.32. The van der Waals surface area contributed by atoms with E-state index in [4.69, 9.17) is 4.42 Å². The van der Waals surface area contributed by atoms with E-state index in [1.54, 1.807) is 0 Å². The number of halogens is 5. The van der Waals surface area contributed by atoms with Crippen molar-refractivity contribution in [1.29, 1.82) is 0 Å². The second-order valence-electron chi connectivity index (χ2n) is 4.45. The molecule has 0 N–H and O–H groups in total. The van der Waals surface area contributed by atoms with Crippen molar-refractivity contribution in [3.8, 4) is 23.0 Å². The van der Waals surface area contributed by atoms with Crippen LogP contribution in [0.2, 0.25) is 0 Å². The summed E-state index contributed by atoms with van der Waals surface area (Å²) in [6.45, 7) is -2.82. The molecule has 5 nitrogen and oxygen atoms in total. The van der Waals surface area contributed by atoms with Crippen molar-refractivity contribution in [2.75, 3.05) is 0 Å². The lowest BCUT2D eigenvalue weighted by molar-refractivity contribution is -0.137. The summed E-state index contributed by atoms with van der Waals surface area (Å²) in [6, 6.07) is 5.56. The summed E-state index contributed by atoms with van der Waals surface area (Å²) in [6.07, 6.45) is -3.48. The van der Waals surface area contributed by atoms with Crippen molar-refractivity contribution in [1.82, 2.24) is 20.0 Å². The van der Waals surface area contributed by atoms with Crippen molar-refractivity contribution in [3.05, 3.63) is 42.1 Å². The van der Waals surface area contributed by atoms with Gasteiger partial charge in [-0.15, -0.1) is 10.2 Å². The van der Waals surface area contributed by atoms with E-state index in [2.05, 4.69) is 15.3 Å². The molecule has 23 heavy (non-hydrogen) atoms. The molecule has 2 heterocycles. The van der Waals surface area contributed by atoms with Crippen LogP contribution in [-0.4, -0.2) is 20.0 Å². The van der Waals surface area contributed by atoms with E-state index < -0.39 is 18.3 Å². The summed E-state index contributed by atoms with van der Waals surface area (Å²) in [5, 5.41) is 10.8.